The number of carbonyl (C=O) groups excluding carboxylic acids is 1. The number of ether oxygens (including phenoxy) is 1. The van der Waals surface area contributed by atoms with Gasteiger partial charge in [-0.25, -0.2) is 12.8 Å². The predicted octanol–water partition coefficient (Wildman–Crippen LogP) is 3.97. The van der Waals surface area contributed by atoms with Crippen LogP contribution < -0.4 is 14.4 Å². The molecule has 0 spiro atoms. The number of halogens is 1. The zero-order valence-corrected chi connectivity index (χ0v) is 20.5. The molecule has 1 saturated heterocycles. The monoisotopic (exact) mass is 497 g/mol. The molecule has 0 radical (unpaired) electrons. The van der Waals surface area contributed by atoms with Crippen LogP contribution in [0.25, 0.3) is 0 Å². The van der Waals surface area contributed by atoms with Crippen molar-refractivity contribution in [3.05, 3.63) is 83.7 Å². The molecular formula is C26H28FN3O4S. The van der Waals surface area contributed by atoms with Crippen LogP contribution in [0.15, 0.2) is 71.6 Å². The lowest BCUT2D eigenvalue weighted by atomic mass is 10.2. The van der Waals surface area contributed by atoms with Gasteiger partial charge in [-0.15, -0.1) is 0 Å². The Morgan fingerprint density at radius 2 is 1.66 bits per heavy atom. The molecule has 3 aromatic carbocycles. The lowest BCUT2D eigenvalue weighted by molar-refractivity contribution is -0.133. The highest BCUT2D eigenvalue weighted by Gasteiger charge is 2.23. The average Bonchev–Trinajstić information content (AvgIpc) is 2.85. The molecule has 3 aromatic rings. The predicted molar refractivity (Wildman–Crippen MR) is 134 cm³/mol. The first-order valence-corrected chi connectivity index (χ1v) is 12.8. The number of piperazine rings is 1. The maximum atomic E-state index is 14.0. The molecule has 0 unspecified atom stereocenters. The lowest BCUT2D eigenvalue weighted by Gasteiger charge is -2.36. The van der Waals surface area contributed by atoms with Gasteiger partial charge in [0, 0.05) is 31.9 Å². The van der Waals surface area contributed by atoms with Crippen LogP contribution in [0, 0.1) is 19.7 Å². The molecule has 184 valence electrons. The number of benzene rings is 3. The number of sulfonamides is 1. The van der Waals surface area contributed by atoms with E-state index >= 15 is 0 Å². The summed E-state index contributed by atoms with van der Waals surface area (Å²) in [5.74, 6) is -0.00133. The quantitative estimate of drug-likeness (QED) is 0.535. The van der Waals surface area contributed by atoms with Crippen molar-refractivity contribution in [2.45, 2.75) is 18.7 Å². The molecule has 7 nitrogen and oxygen atoms in total. The summed E-state index contributed by atoms with van der Waals surface area (Å²) in [6.07, 6.45) is 0. The van der Waals surface area contributed by atoms with Gasteiger partial charge in [0.1, 0.15) is 11.6 Å². The van der Waals surface area contributed by atoms with Crippen LogP contribution in [-0.2, 0) is 14.8 Å². The third-order valence-corrected chi connectivity index (χ3v) is 7.32. The van der Waals surface area contributed by atoms with Crippen molar-refractivity contribution in [3.63, 3.8) is 0 Å². The first kappa shape index (κ1) is 24.5. The Bertz CT molecular complexity index is 1300. The van der Waals surface area contributed by atoms with E-state index in [4.69, 9.17) is 4.74 Å². The summed E-state index contributed by atoms with van der Waals surface area (Å²) in [6.45, 7) is 5.51. The van der Waals surface area contributed by atoms with E-state index in [0.717, 1.165) is 5.56 Å². The van der Waals surface area contributed by atoms with Gasteiger partial charge in [0.15, 0.2) is 6.61 Å². The second-order valence-electron chi connectivity index (χ2n) is 8.51. The number of carbonyl (C=O) groups is 1. The van der Waals surface area contributed by atoms with E-state index in [9.17, 15) is 17.6 Å². The number of anilines is 2. The molecule has 1 aliphatic heterocycles. The fourth-order valence-corrected chi connectivity index (χ4v) is 5.07. The van der Waals surface area contributed by atoms with Gasteiger partial charge in [-0.2, -0.15) is 0 Å². The zero-order chi connectivity index (χ0) is 25.0. The van der Waals surface area contributed by atoms with Crippen LogP contribution in [0.5, 0.6) is 5.75 Å². The van der Waals surface area contributed by atoms with E-state index in [-0.39, 0.29) is 23.2 Å². The van der Waals surface area contributed by atoms with Gasteiger partial charge in [-0.3, -0.25) is 9.52 Å². The summed E-state index contributed by atoms with van der Waals surface area (Å²) in [5, 5.41) is 0. The topological polar surface area (TPSA) is 78.9 Å². The van der Waals surface area contributed by atoms with Crippen LogP contribution in [0.1, 0.15) is 11.1 Å². The summed E-state index contributed by atoms with van der Waals surface area (Å²) in [7, 11) is -3.76. The van der Waals surface area contributed by atoms with Crippen molar-refractivity contribution in [2.24, 2.45) is 0 Å². The second-order valence-corrected chi connectivity index (χ2v) is 10.2. The molecule has 1 aliphatic rings. The Balaban J connectivity index is 1.32. The highest BCUT2D eigenvalue weighted by molar-refractivity contribution is 7.92. The Morgan fingerprint density at radius 1 is 0.971 bits per heavy atom. The highest BCUT2D eigenvalue weighted by Crippen LogP contribution is 2.24. The number of aryl methyl sites for hydroxylation is 2. The largest absolute Gasteiger partial charge is 0.483 e. The van der Waals surface area contributed by atoms with Gasteiger partial charge >= 0.3 is 0 Å². The molecule has 1 heterocycles. The first-order valence-electron chi connectivity index (χ1n) is 11.3. The summed E-state index contributed by atoms with van der Waals surface area (Å²) in [5.41, 5.74) is 2.66. The summed E-state index contributed by atoms with van der Waals surface area (Å²) in [4.78, 5) is 16.4. The number of nitrogens with zero attached hydrogens (tertiary/aromatic N) is 2. The van der Waals surface area contributed by atoms with Gasteiger partial charge in [-0.1, -0.05) is 29.8 Å². The molecule has 1 N–H and O–H groups in total. The molecule has 0 aromatic heterocycles. The van der Waals surface area contributed by atoms with E-state index in [1.54, 1.807) is 48.2 Å². The third-order valence-electron chi connectivity index (χ3n) is 5.94. The maximum absolute atomic E-state index is 14.0. The van der Waals surface area contributed by atoms with Crippen LogP contribution in [0.3, 0.4) is 0 Å². The Labute approximate surface area is 205 Å². The zero-order valence-electron chi connectivity index (χ0n) is 19.7. The molecule has 0 bridgehead atoms. The number of rotatable bonds is 7. The minimum atomic E-state index is -3.76. The molecule has 35 heavy (non-hydrogen) atoms. The number of amides is 1. The number of para-hydroxylation sites is 1. The summed E-state index contributed by atoms with van der Waals surface area (Å²) >= 11 is 0. The Hall–Kier alpha value is -3.59. The van der Waals surface area contributed by atoms with Crippen LogP contribution in [-0.4, -0.2) is 52.0 Å². The van der Waals surface area contributed by atoms with Crippen molar-refractivity contribution in [1.29, 1.82) is 0 Å². The minimum Gasteiger partial charge on any atom is -0.483 e. The van der Waals surface area contributed by atoms with Gasteiger partial charge < -0.3 is 14.5 Å². The van der Waals surface area contributed by atoms with E-state index < -0.39 is 10.0 Å². The standard InChI is InChI=1S/C26H28FN3O4S/c1-19-7-9-21(10-8-19)28-35(32,33)22-11-12-25(20(2)17-22)34-18-26(31)30-15-13-29(14-16-30)24-6-4-3-5-23(24)27/h3-12,17,28H,13-16,18H2,1-2H3. The molecule has 0 atom stereocenters. The first-order chi connectivity index (χ1) is 16.7. The third kappa shape index (κ3) is 5.92. The van der Waals surface area contributed by atoms with Crippen molar-refractivity contribution in [1.82, 2.24) is 4.90 Å². The maximum Gasteiger partial charge on any atom is 0.261 e. The Morgan fingerprint density at radius 3 is 2.31 bits per heavy atom. The summed E-state index contributed by atoms with van der Waals surface area (Å²) < 4.78 is 47.7. The van der Waals surface area contributed by atoms with Crippen LogP contribution in [0.4, 0.5) is 15.8 Å². The second kappa shape index (κ2) is 10.4. The highest BCUT2D eigenvalue weighted by atomic mass is 32.2. The fraction of sp³-hybridized carbons (Fsp3) is 0.269. The molecule has 0 aliphatic carbocycles. The van der Waals surface area contributed by atoms with E-state index in [1.165, 1.54) is 18.2 Å². The van der Waals surface area contributed by atoms with Crippen molar-refractivity contribution in [2.75, 3.05) is 42.4 Å². The van der Waals surface area contributed by atoms with Gasteiger partial charge in [0.05, 0.1) is 10.6 Å². The number of nitrogens with one attached hydrogen (secondary N) is 1. The molecular weight excluding hydrogens is 469 g/mol. The van der Waals surface area contributed by atoms with Crippen molar-refractivity contribution < 1.29 is 22.3 Å². The molecule has 0 saturated carbocycles. The minimum absolute atomic E-state index is 0.110. The molecule has 4 rings (SSSR count). The molecule has 1 fully saturated rings. The molecule has 9 heteroatoms. The van der Waals surface area contributed by atoms with Crippen molar-refractivity contribution in [3.8, 4) is 5.75 Å². The summed E-state index contributed by atoms with van der Waals surface area (Å²) in [6, 6.07) is 18.2. The van der Waals surface area contributed by atoms with Gasteiger partial charge in [0.25, 0.3) is 15.9 Å². The van der Waals surface area contributed by atoms with Gasteiger partial charge in [-0.05, 0) is 61.9 Å². The number of hydrogen-bond acceptors (Lipinski definition) is 5. The van der Waals surface area contributed by atoms with Gasteiger partial charge in [0.2, 0.25) is 0 Å². The Kier molecular flexibility index (Phi) is 7.25. The fourth-order valence-electron chi connectivity index (χ4n) is 3.92. The van der Waals surface area contributed by atoms with Crippen LogP contribution >= 0.6 is 0 Å². The molecule has 1 amide bonds. The van der Waals surface area contributed by atoms with Crippen molar-refractivity contribution >= 4 is 27.3 Å². The average molecular weight is 498 g/mol. The van der Waals surface area contributed by atoms with E-state index in [2.05, 4.69) is 4.72 Å². The SMILES string of the molecule is Cc1ccc(NS(=O)(=O)c2ccc(OCC(=O)N3CCN(c4ccccc4F)CC3)c(C)c2)cc1. The normalized spacial score (nSPS) is 14.0. The number of hydrogen-bond donors (Lipinski definition) is 1. The smallest absolute Gasteiger partial charge is 0.261 e. The van der Waals surface area contributed by atoms with Crippen LogP contribution in [0.2, 0.25) is 0 Å². The van der Waals surface area contributed by atoms with E-state index in [0.29, 0.717) is 48.9 Å². The van der Waals surface area contributed by atoms with E-state index in [1.807, 2.05) is 24.0 Å². The lowest BCUT2D eigenvalue weighted by Crippen LogP contribution is -2.50.